The Hall–Kier alpha value is -2.40. The number of nitrogens with two attached hydrogens (primary N) is 1. The Morgan fingerprint density at radius 3 is 2.75 bits per heavy atom. The van der Waals surface area contributed by atoms with Gasteiger partial charge in [0, 0.05) is 11.0 Å². The summed E-state index contributed by atoms with van der Waals surface area (Å²) in [5, 5.41) is 3.40. The fourth-order valence-corrected chi connectivity index (χ4v) is 4.41. The van der Waals surface area contributed by atoms with Crippen LogP contribution in [0, 0.1) is 5.92 Å². The van der Waals surface area contributed by atoms with Gasteiger partial charge in [-0.1, -0.05) is 37.3 Å². The summed E-state index contributed by atoms with van der Waals surface area (Å²) in [6, 6.07) is 9.59. The Balaban J connectivity index is 1.81. The van der Waals surface area contributed by atoms with Gasteiger partial charge in [-0.25, -0.2) is 0 Å². The molecule has 3 N–H and O–H groups in total. The average Bonchev–Trinajstić information content (AvgIpc) is 2.90. The van der Waals surface area contributed by atoms with Gasteiger partial charge in [0.1, 0.15) is 5.00 Å². The van der Waals surface area contributed by atoms with Crippen LogP contribution in [0.2, 0.25) is 0 Å². The normalized spacial score (nSPS) is 16.8. The van der Waals surface area contributed by atoms with E-state index in [4.69, 9.17) is 5.73 Å². The zero-order valence-corrected chi connectivity index (χ0v) is 14.4. The molecule has 124 valence electrons. The fourth-order valence-electron chi connectivity index (χ4n) is 2.99. The molecule has 24 heavy (non-hydrogen) atoms. The summed E-state index contributed by atoms with van der Waals surface area (Å²) in [5.41, 5.74) is 8.01. The highest BCUT2D eigenvalue weighted by Crippen LogP contribution is 2.39. The number of amides is 2. The molecule has 0 spiro atoms. The van der Waals surface area contributed by atoms with E-state index in [-0.39, 0.29) is 5.91 Å². The van der Waals surface area contributed by atoms with E-state index in [0.29, 0.717) is 16.5 Å². The molecule has 1 atom stereocenters. The van der Waals surface area contributed by atoms with Crippen molar-refractivity contribution < 1.29 is 9.59 Å². The summed E-state index contributed by atoms with van der Waals surface area (Å²) >= 11 is 1.48. The van der Waals surface area contributed by atoms with E-state index in [0.717, 1.165) is 30.4 Å². The number of primary amides is 1. The second-order valence-corrected chi connectivity index (χ2v) is 7.26. The fraction of sp³-hybridized carbons (Fsp3) is 0.263. The molecule has 2 aromatic rings. The monoisotopic (exact) mass is 340 g/mol. The van der Waals surface area contributed by atoms with Crippen LogP contribution in [0.15, 0.2) is 36.4 Å². The van der Waals surface area contributed by atoms with Crippen molar-refractivity contribution in [3.05, 3.63) is 58.0 Å². The van der Waals surface area contributed by atoms with Crippen molar-refractivity contribution in [2.45, 2.75) is 26.2 Å². The van der Waals surface area contributed by atoms with Crippen LogP contribution in [-0.2, 0) is 17.6 Å². The Labute approximate surface area is 145 Å². The molecule has 0 aliphatic heterocycles. The SMILES string of the molecule is CC1CCc2c(sc(NC(=O)/C=C/c3ccccc3)c2C(N)=O)C1. The largest absolute Gasteiger partial charge is 0.365 e. The Kier molecular flexibility index (Phi) is 4.81. The van der Waals surface area contributed by atoms with Gasteiger partial charge in [0.2, 0.25) is 5.91 Å². The summed E-state index contributed by atoms with van der Waals surface area (Å²) in [6.07, 6.45) is 6.05. The van der Waals surface area contributed by atoms with E-state index in [9.17, 15) is 9.59 Å². The van der Waals surface area contributed by atoms with Crippen LogP contribution in [0.5, 0.6) is 0 Å². The summed E-state index contributed by atoms with van der Waals surface area (Å²) in [7, 11) is 0. The van der Waals surface area contributed by atoms with E-state index >= 15 is 0 Å². The number of fused-ring (bicyclic) bond motifs is 1. The lowest BCUT2D eigenvalue weighted by atomic mass is 9.88. The Bertz CT molecular complexity index is 793. The highest BCUT2D eigenvalue weighted by Gasteiger charge is 2.26. The maximum atomic E-state index is 12.2. The molecule has 1 heterocycles. The van der Waals surface area contributed by atoms with Gasteiger partial charge in [-0.15, -0.1) is 11.3 Å². The molecule has 0 radical (unpaired) electrons. The quantitative estimate of drug-likeness (QED) is 0.834. The third-order valence-electron chi connectivity index (χ3n) is 4.22. The number of anilines is 1. The van der Waals surface area contributed by atoms with Crippen LogP contribution in [0.25, 0.3) is 6.08 Å². The van der Waals surface area contributed by atoms with Crippen molar-refractivity contribution in [3.63, 3.8) is 0 Å². The first kappa shape index (κ1) is 16.5. The third-order valence-corrected chi connectivity index (χ3v) is 5.39. The number of rotatable bonds is 4. The maximum Gasteiger partial charge on any atom is 0.251 e. The molecule has 0 bridgehead atoms. The topological polar surface area (TPSA) is 72.2 Å². The van der Waals surface area contributed by atoms with Crippen LogP contribution in [0.3, 0.4) is 0 Å². The first-order chi connectivity index (χ1) is 11.5. The number of carbonyl (C=O) groups excluding carboxylic acids is 2. The number of carbonyl (C=O) groups is 2. The summed E-state index contributed by atoms with van der Waals surface area (Å²) < 4.78 is 0. The molecule has 1 aliphatic carbocycles. The molecule has 5 heteroatoms. The van der Waals surface area contributed by atoms with Crippen molar-refractivity contribution in [2.24, 2.45) is 11.7 Å². The van der Waals surface area contributed by atoms with E-state index < -0.39 is 5.91 Å². The molecule has 3 rings (SSSR count). The molecule has 4 nitrogen and oxygen atoms in total. The van der Waals surface area contributed by atoms with Gasteiger partial charge in [0.25, 0.3) is 5.91 Å². The van der Waals surface area contributed by atoms with Gasteiger partial charge in [-0.2, -0.15) is 0 Å². The predicted molar refractivity (Wildman–Crippen MR) is 98.1 cm³/mol. The third kappa shape index (κ3) is 3.57. The van der Waals surface area contributed by atoms with Crippen LogP contribution in [0.4, 0.5) is 5.00 Å². The van der Waals surface area contributed by atoms with Gasteiger partial charge in [0.15, 0.2) is 0 Å². The van der Waals surface area contributed by atoms with E-state index in [1.165, 1.54) is 22.3 Å². The van der Waals surface area contributed by atoms with Crippen molar-refractivity contribution >= 4 is 34.2 Å². The van der Waals surface area contributed by atoms with E-state index in [2.05, 4.69) is 12.2 Å². The minimum absolute atomic E-state index is 0.256. The molecule has 1 unspecified atom stereocenters. The van der Waals surface area contributed by atoms with Gasteiger partial charge >= 0.3 is 0 Å². The van der Waals surface area contributed by atoms with Crippen LogP contribution in [0.1, 0.15) is 39.7 Å². The van der Waals surface area contributed by atoms with Gasteiger partial charge < -0.3 is 11.1 Å². The highest BCUT2D eigenvalue weighted by atomic mass is 32.1. The molecule has 0 fully saturated rings. The van der Waals surface area contributed by atoms with Crippen molar-refractivity contribution in [1.29, 1.82) is 0 Å². The summed E-state index contributed by atoms with van der Waals surface area (Å²) in [4.78, 5) is 25.2. The maximum absolute atomic E-state index is 12.2. The van der Waals surface area contributed by atoms with Gasteiger partial charge in [-0.3, -0.25) is 9.59 Å². The first-order valence-electron chi connectivity index (χ1n) is 8.03. The predicted octanol–water partition coefficient (Wildman–Crippen LogP) is 3.62. The van der Waals surface area contributed by atoms with Crippen molar-refractivity contribution in [1.82, 2.24) is 0 Å². The highest BCUT2D eigenvalue weighted by molar-refractivity contribution is 7.17. The molecular formula is C19H20N2O2S. The lowest BCUT2D eigenvalue weighted by Gasteiger charge is -2.18. The summed E-state index contributed by atoms with van der Waals surface area (Å²) in [5.74, 6) is -0.129. The molecule has 2 amide bonds. The van der Waals surface area contributed by atoms with E-state index in [1.807, 2.05) is 30.3 Å². The number of thiophene rings is 1. The van der Waals surface area contributed by atoms with E-state index in [1.54, 1.807) is 6.08 Å². The molecule has 1 aromatic heterocycles. The lowest BCUT2D eigenvalue weighted by molar-refractivity contribution is -0.111. The number of nitrogens with one attached hydrogen (secondary N) is 1. The standard InChI is InChI=1S/C19H20N2O2S/c1-12-7-9-14-15(11-12)24-19(17(14)18(20)23)21-16(22)10-8-13-5-3-2-4-6-13/h2-6,8,10,12H,7,9,11H2,1H3,(H2,20,23)(H,21,22)/b10-8+. The van der Waals surface area contributed by atoms with Crippen molar-refractivity contribution in [2.75, 3.05) is 5.32 Å². The first-order valence-corrected chi connectivity index (χ1v) is 8.84. The number of hydrogen-bond acceptors (Lipinski definition) is 3. The van der Waals surface area contributed by atoms with Crippen LogP contribution >= 0.6 is 11.3 Å². The van der Waals surface area contributed by atoms with Gasteiger partial charge in [-0.05, 0) is 42.4 Å². The molecule has 1 aliphatic rings. The van der Waals surface area contributed by atoms with Crippen LogP contribution in [-0.4, -0.2) is 11.8 Å². The molecular weight excluding hydrogens is 320 g/mol. The number of benzene rings is 1. The molecule has 0 saturated carbocycles. The summed E-state index contributed by atoms with van der Waals surface area (Å²) in [6.45, 7) is 2.20. The second-order valence-electron chi connectivity index (χ2n) is 6.15. The minimum atomic E-state index is -0.468. The van der Waals surface area contributed by atoms with Crippen LogP contribution < -0.4 is 11.1 Å². The average molecular weight is 340 g/mol. The Morgan fingerprint density at radius 1 is 1.29 bits per heavy atom. The Morgan fingerprint density at radius 2 is 2.04 bits per heavy atom. The smallest absolute Gasteiger partial charge is 0.251 e. The zero-order chi connectivity index (χ0) is 17.1. The minimum Gasteiger partial charge on any atom is -0.365 e. The number of hydrogen-bond donors (Lipinski definition) is 2. The molecule has 1 aromatic carbocycles. The zero-order valence-electron chi connectivity index (χ0n) is 13.5. The van der Waals surface area contributed by atoms with Gasteiger partial charge in [0.05, 0.1) is 5.56 Å². The molecule has 0 saturated heterocycles. The lowest BCUT2D eigenvalue weighted by Crippen LogP contribution is -2.18. The van der Waals surface area contributed by atoms with Crippen molar-refractivity contribution in [3.8, 4) is 0 Å². The second kappa shape index (κ2) is 7.01.